The Labute approximate surface area is 104 Å². The van der Waals surface area contributed by atoms with Crippen LogP contribution < -0.4 is 10.9 Å². The molecule has 7 heteroatoms. The molecule has 2 aromatic rings. The van der Waals surface area contributed by atoms with Crippen molar-refractivity contribution in [3.63, 3.8) is 0 Å². The Morgan fingerprint density at radius 2 is 2.28 bits per heavy atom. The van der Waals surface area contributed by atoms with E-state index >= 15 is 0 Å². The lowest BCUT2D eigenvalue weighted by Gasteiger charge is -2.14. The van der Waals surface area contributed by atoms with Crippen LogP contribution in [-0.4, -0.2) is 20.1 Å². The Bertz CT molecular complexity index is 576. The molecule has 2 rings (SSSR count). The summed E-state index contributed by atoms with van der Waals surface area (Å²) in [5, 5.41) is 6.85. The van der Waals surface area contributed by atoms with E-state index in [0.717, 1.165) is 5.69 Å². The number of aromatic nitrogens is 4. The van der Waals surface area contributed by atoms with E-state index in [-0.39, 0.29) is 11.6 Å². The summed E-state index contributed by atoms with van der Waals surface area (Å²) in [5.74, 6) is 1.17. The van der Waals surface area contributed by atoms with Crippen molar-refractivity contribution in [3.05, 3.63) is 39.7 Å². The molecule has 0 amide bonds. The van der Waals surface area contributed by atoms with Crippen molar-refractivity contribution in [1.82, 2.24) is 25.4 Å². The quantitative estimate of drug-likeness (QED) is 0.824. The number of H-pyrrole nitrogens is 1. The number of aromatic amines is 1. The minimum atomic E-state index is -0.139. The third-order valence-electron chi connectivity index (χ3n) is 2.67. The lowest BCUT2D eigenvalue weighted by Crippen LogP contribution is -2.28. The van der Waals surface area contributed by atoms with Crippen LogP contribution in [0.1, 0.15) is 35.9 Å². The molecule has 0 saturated heterocycles. The maximum Gasteiger partial charge on any atom is 0.255 e. The van der Waals surface area contributed by atoms with E-state index in [1.54, 1.807) is 6.92 Å². The molecule has 2 N–H and O–H groups in total. The van der Waals surface area contributed by atoms with Crippen molar-refractivity contribution in [3.8, 4) is 0 Å². The highest BCUT2D eigenvalue weighted by molar-refractivity contribution is 5.19. The third kappa shape index (κ3) is 2.62. The molecule has 0 spiro atoms. The van der Waals surface area contributed by atoms with E-state index in [1.807, 2.05) is 13.8 Å². The number of nitrogens with one attached hydrogen (secondary N) is 2. The van der Waals surface area contributed by atoms with Gasteiger partial charge in [-0.05, 0) is 20.8 Å². The lowest BCUT2D eigenvalue weighted by atomic mass is 10.1. The maximum absolute atomic E-state index is 11.9. The molecule has 0 aliphatic carbocycles. The fourth-order valence-electron chi connectivity index (χ4n) is 1.86. The molecule has 0 radical (unpaired) electrons. The molecular weight excluding hydrogens is 234 g/mol. The Kier molecular flexibility index (Phi) is 3.52. The summed E-state index contributed by atoms with van der Waals surface area (Å²) in [6.07, 6.45) is 1.27. The molecule has 0 aliphatic heterocycles. The fraction of sp³-hybridized carbons (Fsp3) is 0.455. The van der Waals surface area contributed by atoms with Crippen LogP contribution in [-0.2, 0) is 6.54 Å². The van der Waals surface area contributed by atoms with Crippen LogP contribution in [0.4, 0.5) is 0 Å². The van der Waals surface area contributed by atoms with Gasteiger partial charge in [0.05, 0.1) is 12.1 Å². The topological polar surface area (TPSA) is 96.7 Å². The van der Waals surface area contributed by atoms with Gasteiger partial charge in [-0.25, -0.2) is 4.98 Å². The second-order valence-electron chi connectivity index (χ2n) is 4.10. The molecule has 1 unspecified atom stereocenters. The zero-order chi connectivity index (χ0) is 13.1. The first-order chi connectivity index (χ1) is 8.58. The molecule has 1 atom stereocenters. The molecule has 0 bridgehead atoms. The number of hydrogen-bond acceptors (Lipinski definition) is 6. The summed E-state index contributed by atoms with van der Waals surface area (Å²) in [6.45, 7) is 5.92. The molecule has 2 aromatic heterocycles. The molecule has 96 valence electrons. The van der Waals surface area contributed by atoms with Gasteiger partial charge in [0, 0.05) is 11.7 Å². The van der Waals surface area contributed by atoms with Crippen molar-refractivity contribution < 1.29 is 4.52 Å². The summed E-state index contributed by atoms with van der Waals surface area (Å²) >= 11 is 0. The van der Waals surface area contributed by atoms with E-state index in [2.05, 4.69) is 29.9 Å². The molecule has 18 heavy (non-hydrogen) atoms. The van der Waals surface area contributed by atoms with Gasteiger partial charge in [-0.3, -0.25) is 4.79 Å². The largest absolute Gasteiger partial charge is 0.343 e. The summed E-state index contributed by atoms with van der Waals surface area (Å²) < 4.78 is 4.63. The molecule has 0 aromatic carbocycles. The SMILES string of the molecule is Cc1nc(C)c(C(C)NCc2ncon2)c(=O)[nH]1. The van der Waals surface area contributed by atoms with Gasteiger partial charge in [0.2, 0.25) is 6.39 Å². The van der Waals surface area contributed by atoms with Gasteiger partial charge in [-0.15, -0.1) is 0 Å². The first-order valence-corrected chi connectivity index (χ1v) is 5.64. The zero-order valence-electron chi connectivity index (χ0n) is 10.5. The average Bonchev–Trinajstić information content (AvgIpc) is 2.77. The molecule has 2 heterocycles. The predicted molar refractivity (Wildman–Crippen MR) is 63.9 cm³/mol. The second kappa shape index (κ2) is 5.09. The number of rotatable bonds is 4. The van der Waals surface area contributed by atoms with Crippen LogP contribution in [0.5, 0.6) is 0 Å². The summed E-state index contributed by atoms with van der Waals surface area (Å²) in [4.78, 5) is 22.7. The summed E-state index contributed by atoms with van der Waals surface area (Å²) in [7, 11) is 0. The van der Waals surface area contributed by atoms with Crippen LogP contribution in [0.3, 0.4) is 0 Å². The molecule has 7 nitrogen and oxygen atoms in total. The highest BCUT2D eigenvalue weighted by atomic mass is 16.5. The smallest absolute Gasteiger partial charge is 0.255 e. The number of aryl methyl sites for hydroxylation is 2. The fourth-order valence-corrected chi connectivity index (χ4v) is 1.86. The van der Waals surface area contributed by atoms with Crippen LogP contribution in [0.2, 0.25) is 0 Å². The monoisotopic (exact) mass is 249 g/mol. The highest BCUT2D eigenvalue weighted by Crippen LogP contribution is 2.11. The van der Waals surface area contributed by atoms with E-state index in [9.17, 15) is 4.79 Å². The number of hydrogen-bond donors (Lipinski definition) is 2. The van der Waals surface area contributed by atoms with Crippen molar-refractivity contribution in [1.29, 1.82) is 0 Å². The first-order valence-electron chi connectivity index (χ1n) is 5.64. The number of nitrogens with zero attached hydrogens (tertiary/aromatic N) is 3. The predicted octanol–water partition coefficient (Wildman–Crippen LogP) is 0.621. The summed E-state index contributed by atoms with van der Waals surface area (Å²) in [5.41, 5.74) is 1.24. The molecule has 0 fully saturated rings. The van der Waals surface area contributed by atoms with Crippen LogP contribution in [0, 0.1) is 13.8 Å². The lowest BCUT2D eigenvalue weighted by molar-refractivity contribution is 0.405. The maximum atomic E-state index is 11.9. The minimum Gasteiger partial charge on any atom is -0.343 e. The standard InChI is InChI=1S/C11H15N5O2/c1-6(12-4-9-13-5-18-16-9)10-7(2)14-8(3)15-11(10)17/h5-6,12H,4H2,1-3H3,(H,14,15,17). The van der Waals surface area contributed by atoms with Crippen LogP contribution >= 0.6 is 0 Å². The van der Waals surface area contributed by atoms with Gasteiger partial charge in [0.1, 0.15) is 5.82 Å². The van der Waals surface area contributed by atoms with Gasteiger partial charge in [-0.2, -0.15) is 4.98 Å². The Balaban J connectivity index is 2.14. The van der Waals surface area contributed by atoms with E-state index in [0.29, 0.717) is 23.8 Å². The minimum absolute atomic E-state index is 0.117. The van der Waals surface area contributed by atoms with Crippen molar-refractivity contribution >= 4 is 0 Å². The van der Waals surface area contributed by atoms with Gasteiger partial charge in [0.25, 0.3) is 5.56 Å². The van der Waals surface area contributed by atoms with Gasteiger partial charge >= 0.3 is 0 Å². The molecule has 0 saturated carbocycles. The Morgan fingerprint density at radius 1 is 1.50 bits per heavy atom. The molecule has 0 aliphatic rings. The average molecular weight is 249 g/mol. The normalized spacial score (nSPS) is 12.6. The van der Waals surface area contributed by atoms with E-state index < -0.39 is 0 Å². The summed E-state index contributed by atoms with van der Waals surface area (Å²) in [6, 6.07) is -0.139. The van der Waals surface area contributed by atoms with Crippen molar-refractivity contribution in [2.45, 2.75) is 33.4 Å². The highest BCUT2D eigenvalue weighted by Gasteiger charge is 2.14. The van der Waals surface area contributed by atoms with Gasteiger partial charge < -0.3 is 14.8 Å². The van der Waals surface area contributed by atoms with E-state index in [4.69, 9.17) is 0 Å². The first kappa shape index (κ1) is 12.4. The van der Waals surface area contributed by atoms with Crippen LogP contribution in [0.25, 0.3) is 0 Å². The van der Waals surface area contributed by atoms with Crippen molar-refractivity contribution in [2.24, 2.45) is 0 Å². The molecular formula is C11H15N5O2. The van der Waals surface area contributed by atoms with Gasteiger partial charge in [0.15, 0.2) is 5.82 Å². The van der Waals surface area contributed by atoms with E-state index in [1.165, 1.54) is 6.39 Å². The Morgan fingerprint density at radius 3 is 2.89 bits per heavy atom. The zero-order valence-corrected chi connectivity index (χ0v) is 10.5. The second-order valence-corrected chi connectivity index (χ2v) is 4.10. The Hall–Kier alpha value is -2.02. The van der Waals surface area contributed by atoms with Crippen LogP contribution in [0.15, 0.2) is 15.7 Å². The van der Waals surface area contributed by atoms with Crippen molar-refractivity contribution in [2.75, 3.05) is 0 Å². The van der Waals surface area contributed by atoms with Gasteiger partial charge in [-0.1, -0.05) is 5.16 Å². The third-order valence-corrected chi connectivity index (χ3v) is 2.67.